The Hall–Kier alpha value is -1.56. The van der Waals surface area contributed by atoms with E-state index in [0.717, 1.165) is 17.3 Å². The molecule has 20 heavy (non-hydrogen) atoms. The van der Waals surface area contributed by atoms with Crippen LogP contribution in [0.2, 0.25) is 0 Å². The van der Waals surface area contributed by atoms with E-state index in [0.29, 0.717) is 12.2 Å². The number of rotatable bonds is 8. The summed E-state index contributed by atoms with van der Waals surface area (Å²) >= 11 is 3.30. The van der Waals surface area contributed by atoms with E-state index in [1.165, 1.54) is 0 Å². The Labute approximate surface area is 126 Å². The zero-order chi connectivity index (χ0) is 15.0. The minimum absolute atomic E-state index is 0.210. The van der Waals surface area contributed by atoms with Crippen LogP contribution < -0.4 is 10.1 Å². The van der Waals surface area contributed by atoms with Crippen LogP contribution in [0.15, 0.2) is 28.7 Å². The highest BCUT2D eigenvalue weighted by Crippen LogP contribution is 2.23. The summed E-state index contributed by atoms with van der Waals surface area (Å²) in [6.45, 7) is 1.76. The summed E-state index contributed by atoms with van der Waals surface area (Å²) in [6.07, 6.45) is 2.06. The molecule has 0 unspecified atom stereocenters. The van der Waals surface area contributed by atoms with Gasteiger partial charge in [0.15, 0.2) is 6.61 Å². The molecule has 1 aromatic rings. The molecule has 0 fully saturated rings. The second-order valence-electron chi connectivity index (χ2n) is 4.32. The smallest absolute Gasteiger partial charge is 0.326 e. The maximum Gasteiger partial charge on any atom is 0.326 e. The van der Waals surface area contributed by atoms with Crippen LogP contribution in [0.25, 0.3) is 0 Å². The first-order valence-electron chi connectivity index (χ1n) is 6.44. The molecule has 0 radical (unpaired) electrons. The van der Waals surface area contributed by atoms with Crippen LogP contribution in [-0.2, 0) is 9.59 Å². The van der Waals surface area contributed by atoms with Gasteiger partial charge in [0.2, 0.25) is 0 Å². The van der Waals surface area contributed by atoms with Gasteiger partial charge in [-0.2, -0.15) is 0 Å². The SMILES string of the molecule is CCCC[C@H](NC(=O)COc1ccccc1Br)C(=O)O. The first kappa shape index (κ1) is 16.5. The van der Waals surface area contributed by atoms with Gasteiger partial charge in [-0.25, -0.2) is 4.79 Å². The third-order valence-corrected chi connectivity index (χ3v) is 3.33. The lowest BCUT2D eigenvalue weighted by Gasteiger charge is -2.14. The molecule has 5 nitrogen and oxygen atoms in total. The monoisotopic (exact) mass is 343 g/mol. The summed E-state index contributed by atoms with van der Waals surface area (Å²) in [5.74, 6) is -0.917. The Bertz CT molecular complexity index is 464. The van der Waals surface area contributed by atoms with Crippen LogP contribution in [0, 0.1) is 0 Å². The molecule has 0 heterocycles. The summed E-state index contributed by atoms with van der Waals surface area (Å²) in [6, 6.07) is 6.30. The normalized spacial score (nSPS) is 11.7. The van der Waals surface area contributed by atoms with E-state index in [4.69, 9.17) is 9.84 Å². The Morgan fingerprint density at radius 2 is 2.10 bits per heavy atom. The first-order valence-corrected chi connectivity index (χ1v) is 7.23. The van der Waals surface area contributed by atoms with Gasteiger partial charge in [-0.15, -0.1) is 0 Å². The molecule has 0 saturated heterocycles. The molecular formula is C14H18BrNO4. The molecule has 0 aliphatic rings. The highest BCUT2D eigenvalue weighted by molar-refractivity contribution is 9.10. The molecule has 0 aliphatic carbocycles. The van der Waals surface area contributed by atoms with Crippen molar-refractivity contribution in [3.63, 3.8) is 0 Å². The average molecular weight is 344 g/mol. The average Bonchev–Trinajstić information content (AvgIpc) is 2.42. The lowest BCUT2D eigenvalue weighted by molar-refractivity contribution is -0.142. The molecule has 1 amide bonds. The molecule has 0 aromatic heterocycles. The number of carbonyl (C=O) groups is 2. The zero-order valence-corrected chi connectivity index (χ0v) is 12.9. The number of aliphatic carboxylic acids is 1. The Kier molecular flexibility index (Phi) is 7.08. The van der Waals surface area contributed by atoms with Gasteiger partial charge in [-0.05, 0) is 34.5 Å². The molecular weight excluding hydrogens is 326 g/mol. The van der Waals surface area contributed by atoms with Gasteiger partial charge < -0.3 is 15.2 Å². The second kappa shape index (κ2) is 8.58. The van der Waals surface area contributed by atoms with Gasteiger partial charge in [0.25, 0.3) is 5.91 Å². The fourth-order valence-electron chi connectivity index (χ4n) is 1.61. The van der Waals surface area contributed by atoms with E-state index in [2.05, 4.69) is 21.2 Å². The van der Waals surface area contributed by atoms with E-state index in [9.17, 15) is 9.59 Å². The minimum Gasteiger partial charge on any atom is -0.483 e. The maximum absolute atomic E-state index is 11.7. The zero-order valence-electron chi connectivity index (χ0n) is 11.3. The van der Waals surface area contributed by atoms with Crippen LogP contribution in [0.1, 0.15) is 26.2 Å². The van der Waals surface area contributed by atoms with Gasteiger partial charge in [0, 0.05) is 0 Å². The van der Waals surface area contributed by atoms with E-state index < -0.39 is 17.9 Å². The van der Waals surface area contributed by atoms with Crippen molar-refractivity contribution in [3.05, 3.63) is 28.7 Å². The van der Waals surface area contributed by atoms with Crippen LogP contribution in [0.3, 0.4) is 0 Å². The second-order valence-corrected chi connectivity index (χ2v) is 5.17. The number of carboxylic acid groups (broad SMARTS) is 1. The number of hydrogen-bond acceptors (Lipinski definition) is 3. The molecule has 0 aliphatic heterocycles. The van der Waals surface area contributed by atoms with Crippen LogP contribution in [-0.4, -0.2) is 29.6 Å². The van der Waals surface area contributed by atoms with Crippen LogP contribution in [0.4, 0.5) is 0 Å². The van der Waals surface area contributed by atoms with Crippen molar-refractivity contribution in [3.8, 4) is 5.75 Å². The van der Waals surface area contributed by atoms with Crippen molar-refractivity contribution in [2.24, 2.45) is 0 Å². The topological polar surface area (TPSA) is 75.6 Å². The van der Waals surface area contributed by atoms with E-state index in [-0.39, 0.29) is 6.61 Å². The number of halogens is 1. The maximum atomic E-state index is 11.7. The summed E-state index contributed by atoms with van der Waals surface area (Å²) in [5, 5.41) is 11.5. The summed E-state index contributed by atoms with van der Waals surface area (Å²) in [5.41, 5.74) is 0. The van der Waals surface area contributed by atoms with Crippen molar-refractivity contribution in [1.82, 2.24) is 5.32 Å². The largest absolute Gasteiger partial charge is 0.483 e. The number of carboxylic acids is 1. The van der Waals surface area contributed by atoms with Crippen molar-refractivity contribution in [1.29, 1.82) is 0 Å². The molecule has 2 N–H and O–H groups in total. The van der Waals surface area contributed by atoms with E-state index in [1.807, 2.05) is 13.0 Å². The molecule has 1 atom stereocenters. The van der Waals surface area contributed by atoms with Gasteiger partial charge in [-0.3, -0.25) is 4.79 Å². The highest BCUT2D eigenvalue weighted by atomic mass is 79.9. The molecule has 0 saturated carbocycles. The molecule has 1 rings (SSSR count). The number of para-hydroxylation sites is 1. The van der Waals surface area contributed by atoms with Crippen molar-refractivity contribution in [2.75, 3.05) is 6.61 Å². The lowest BCUT2D eigenvalue weighted by Crippen LogP contribution is -2.42. The number of amides is 1. The number of nitrogens with one attached hydrogen (secondary N) is 1. The predicted octanol–water partition coefficient (Wildman–Crippen LogP) is 2.59. The minimum atomic E-state index is -1.02. The van der Waals surface area contributed by atoms with Gasteiger partial charge >= 0.3 is 5.97 Å². The number of benzene rings is 1. The summed E-state index contributed by atoms with van der Waals surface area (Å²) < 4.78 is 6.08. The number of carbonyl (C=O) groups excluding carboxylic acids is 1. The number of ether oxygens (including phenoxy) is 1. The quantitative estimate of drug-likeness (QED) is 0.760. The van der Waals surface area contributed by atoms with Crippen molar-refractivity contribution >= 4 is 27.8 Å². The van der Waals surface area contributed by atoms with Gasteiger partial charge in [-0.1, -0.05) is 31.9 Å². The molecule has 110 valence electrons. The third-order valence-electron chi connectivity index (χ3n) is 2.68. The highest BCUT2D eigenvalue weighted by Gasteiger charge is 2.19. The lowest BCUT2D eigenvalue weighted by atomic mass is 10.1. The Balaban J connectivity index is 2.46. The fourth-order valence-corrected chi connectivity index (χ4v) is 2.01. The Morgan fingerprint density at radius 1 is 1.40 bits per heavy atom. The van der Waals surface area contributed by atoms with Crippen LogP contribution in [0.5, 0.6) is 5.75 Å². The Morgan fingerprint density at radius 3 is 2.70 bits per heavy atom. The summed E-state index contributed by atoms with van der Waals surface area (Å²) in [7, 11) is 0. The van der Waals surface area contributed by atoms with E-state index >= 15 is 0 Å². The first-order chi connectivity index (χ1) is 9.54. The van der Waals surface area contributed by atoms with Crippen LogP contribution >= 0.6 is 15.9 Å². The predicted molar refractivity (Wildman–Crippen MR) is 78.7 cm³/mol. The van der Waals surface area contributed by atoms with Crippen molar-refractivity contribution in [2.45, 2.75) is 32.2 Å². The molecule has 0 spiro atoms. The standard InChI is InChI=1S/C14H18BrNO4/c1-2-3-7-11(14(18)19)16-13(17)9-20-12-8-5-4-6-10(12)15/h4-6,8,11H,2-3,7,9H2,1H3,(H,16,17)(H,18,19)/t11-/m0/s1. The van der Waals surface area contributed by atoms with E-state index in [1.54, 1.807) is 18.2 Å². The van der Waals surface area contributed by atoms with Crippen molar-refractivity contribution < 1.29 is 19.4 Å². The number of unbranched alkanes of at least 4 members (excludes halogenated alkanes) is 1. The molecule has 1 aromatic carbocycles. The summed E-state index contributed by atoms with van der Waals surface area (Å²) in [4.78, 5) is 22.7. The number of hydrogen-bond donors (Lipinski definition) is 2. The van der Waals surface area contributed by atoms with Gasteiger partial charge in [0.1, 0.15) is 11.8 Å². The fraction of sp³-hybridized carbons (Fsp3) is 0.429. The van der Waals surface area contributed by atoms with Gasteiger partial charge in [0.05, 0.1) is 4.47 Å². The third kappa shape index (κ3) is 5.61. The molecule has 6 heteroatoms. The molecule has 0 bridgehead atoms.